The van der Waals surface area contributed by atoms with Gasteiger partial charge in [-0.05, 0) is 24.2 Å². The van der Waals surface area contributed by atoms with Crippen LogP contribution in [0.2, 0.25) is 0 Å². The molecule has 1 N–H and O–H groups in total. The first-order chi connectivity index (χ1) is 19.2. The number of nitrogens with zero attached hydrogens (tertiary/aromatic N) is 5. The highest BCUT2D eigenvalue weighted by Crippen LogP contribution is 2.28. The molecule has 1 amide bonds. The molecule has 2 aromatic carbocycles. The van der Waals surface area contributed by atoms with E-state index >= 15 is 0 Å². The summed E-state index contributed by atoms with van der Waals surface area (Å²) in [5.74, 6) is 1.70. The summed E-state index contributed by atoms with van der Waals surface area (Å²) in [6.45, 7) is 12.2. The van der Waals surface area contributed by atoms with E-state index in [0.717, 1.165) is 99.1 Å². The first-order valence-corrected chi connectivity index (χ1v) is 14.9. The first kappa shape index (κ1) is 27.6. The molecule has 5 rings (SSSR count). The van der Waals surface area contributed by atoms with Crippen LogP contribution in [0.4, 0.5) is 5.82 Å². The summed E-state index contributed by atoms with van der Waals surface area (Å²) in [6, 6.07) is 20.3. The molecule has 2 aliphatic heterocycles. The molecule has 0 atom stereocenters. The molecule has 0 saturated carbocycles. The van der Waals surface area contributed by atoms with E-state index in [1.165, 1.54) is 0 Å². The molecule has 8 nitrogen and oxygen atoms in total. The molecule has 2 saturated heterocycles. The molecule has 2 fully saturated rings. The number of carbonyl (C=O) groups is 1. The number of hydrogen-bond acceptors (Lipinski definition) is 8. The molecular formula is C30H38N6O2S. The normalized spacial score (nSPS) is 16.8. The average molecular weight is 547 g/mol. The van der Waals surface area contributed by atoms with Crippen LogP contribution in [-0.4, -0.2) is 97.8 Å². The number of anilines is 1. The highest BCUT2D eigenvalue weighted by molar-refractivity contribution is 7.98. The highest BCUT2D eigenvalue weighted by atomic mass is 32.2. The van der Waals surface area contributed by atoms with Gasteiger partial charge in [0.05, 0.1) is 18.9 Å². The van der Waals surface area contributed by atoms with E-state index in [1.807, 2.05) is 42.5 Å². The zero-order valence-electron chi connectivity index (χ0n) is 22.7. The van der Waals surface area contributed by atoms with Crippen molar-refractivity contribution in [3.05, 3.63) is 71.8 Å². The molecule has 3 heterocycles. The van der Waals surface area contributed by atoms with Gasteiger partial charge < -0.3 is 19.9 Å². The molecule has 206 valence electrons. The van der Waals surface area contributed by atoms with E-state index in [2.05, 4.69) is 45.1 Å². The van der Waals surface area contributed by atoms with Crippen molar-refractivity contribution in [1.29, 1.82) is 0 Å². The SMILES string of the molecule is CCN1CCN(c2cc(-c3ccccc3)nc(SCc3ccc(C(=O)NCCN4CCOCC4)cc3)n2)CC1. The third-order valence-corrected chi connectivity index (χ3v) is 8.22. The maximum Gasteiger partial charge on any atom is 0.251 e. The Labute approximate surface area is 235 Å². The van der Waals surface area contributed by atoms with Crippen molar-refractivity contribution in [3.63, 3.8) is 0 Å². The van der Waals surface area contributed by atoms with Crippen molar-refractivity contribution in [1.82, 2.24) is 25.1 Å². The first-order valence-electron chi connectivity index (χ1n) is 13.9. The predicted octanol–water partition coefficient (Wildman–Crippen LogP) is 3.64. The summed E-state index contributed by atoms with van der Waals surface area (Å²) in [5, 5.41) is 3.81. The smallest absolute Gasteiger partial charge is 0.251 e. The Morgan fingerprint density at radius 1 is 0.923 bits per heavy atom. The Kier molecular flexibility index (Phi) is 9.82. The van der Waals surface area contributed by atoms with Crippen LogP contribution in [0.15, 0.2) is 65.8 Å². The third-order valence-electron chi connectivity index (χ3n) is 7.31. The topological polar surface area (TPSA) is 73.8 Å². The molecule has 39 heavy (non-hydrogen) atoms. The van der Waals surface area contributed by atoms with Crippen molar-refractivity contribution in [2.75, 3.05) is 77.0 Å². The lowest BCUT2D eigenvalue weighted by atomic mass is 10.1. The number of thioether (sulfide) groups is 1. The maximum atomic E-state index is 12.6. The second-order valence-electron chi connectivity index (χ2n) is 9.88. The van der Waals surface area contributed by atoms with Crippen LogP contribution >= 0.6 is 11.8 Å². The molecule has 1 aromatic heterocycles. The van der Waals surface area contributed by atoms with Crippen LogP contribution in [-0.2, 0) is 10.5 Å². The molecule has 0 radical (unpaired) electrons. The molecule has 0 unspecified atom stereocenters. The van der Waals surface area contributed by atoms with E-state index in [4.69, 9.17) is 14.7 Å². The molecule has 2 aliphatic rings. The van der Waals surface area contributed by atoms with Gasteiger partial charge in [-0.15, -0.1) is 0 Å². The summed E-state index contributed by atoms with van der Waals surface area (Å²) in [7, 11) is 0. The van der Waals surface area contributed by atoms with Crippen LogP contribution in [0.1, 0.15) is 22.8 Å². The molecule has 0 spiro atoms. The van der Waals surface area contributed by atoms with Crippen molar-refractivity contribution >= 4 is 23.5 Å². The van der Waals surface area contributed by atoms with Crippen LogP contribution in [0.25, 0.3) is 11.3 Å². The number of ether oxygens (including phenoxy) is 1. The van der Waals surface area contributed by atoms with Gasteiger partial charge in [-0.2, -0.15) is 0 Å². The van der Waals surface area contributed by atoms with E-state index in [9.17, 15) is 4.79 Å². The summed E-state index contributed by atoms with van der Waals surface area (Å²) < 4.78 is 5.38. The van der Waals surface area contributed by atoms with E-state index in [0.29, 0.717) is 12.1 Å². The molecule has 9 heteroatoms. The average Bonchev–Trinajstić information content (AvgIpc) is 3.01. The second-order valence-corrected chi connectivity index (χ2v) is 10.8. The summed E-state index contributed by atoms with van der Waals surface area (Å²) in [6.07, 6.45) is 0. The highest BCUT2D eigenvalue weighted by Gasteiger charge is 2.19. The monoisotopic (exact) mass is 546 g/mol. The van der Waals surface area contributed by atoms with Crippen LogP contribution in [0, 0.1) is 0 Å². The van der Waals surface area contributed by atoms with E-state index in [-0.39, 0.29) is 5.91 Å². The minimum absolute atomic E-state index is 0.0332. The lowest BCUT2D eigenvalue weighted by Gasteiger charge is -2.35. The number of morpholine rings is 1. The lowest BCUT2D eigenvalue weighted by molar-refractivity contribution is 0.0383. The number of benzene rings is 2. The number of piperazine rings is 1. The fraction of sp³-hybridized carbons (Fsp3) is 0.433. The molecule has 0 aliphatic carbocycles. The number of hydrogen-bond donors (Lipinski definition) is 1. The zero-order chi connectivity index (χ0) is 26.9. The standard InChI is InChI=1S/C30H38N6O2S/c1-2-34-14-16-36(17-15-34)28-22-27(25-6-4-3-5-7-25)32-30(33-28)39-23-24-8-10-26(11-9-24)29(37)31-12-13-35-18-20-38-21-19-35/h3-11,22H,2,12-21,23H2,1H3,(H,31,37). The Morgan fingerprint density at radius 2 is 1.67 bits per heavy atom. The van der Waals surface area contributed by atoms with Gasteiger partial charge in [0.1, 0.15) is 5.82 Å². The minimum atomic E-state index is -0.0332. The number of likely N-dealkylation sites (N-methyl/N-ethyl adjacent to an activating group) is 1. The molecule has 3 aromatic rings. The van der Waals surface area contributed by atoms with Crippen molar-refractivity contribution in [2.24, 2.45) is 0 Å². The van der Waals surface area contributed by atoms with Crippen LogP contribution < -0.4 is 10.2 Å². The van der Waals surface area contributed by atoms with Gasteiger partial charge in [-0.1, -0.05) is 61.2 Å². The zero-order valence-corrected chi connectivity index (χ0v) is 23.5. The Balaban J connectivity index is 1.20. The van der Waals surface area contributed by atoms with Gasteiger partial charge in [0.25, 0.3) is 5.91 Å². The number of rotatable bonds is 10. The quantitative estimate of drug-likeness (QED) is 0.305. The van der Waals surface area contributed by atoms with Crippen LogP contribution in [0.5, 0.6) is 0 Å². The van der Waals surface area contributed by atoms with Gasteiger partial charge in [0.15, 0.2) is 5.16 Å². The van der Waals surface area contributed by atoms with E-state index in [1.54, 1.807) is 11.8 Å². The van der Waals surface area contributed by atoms with Gasteiger partial charge in [-0.25, -0.2) is 9.97 Å². The number of aromatic nitrogens is 2. The summed E-state index contributed by atoms with van der Waals surface area (Å²) in [5.41, 5.74) is 3.86. The van der Waals surface area contributed by atoms with Crippen LogP contribution in [0.3, 0.4) is 0 Å². The Hall–Kier alpha value is -2.98. The summed E-state index contributed by atoms with van der Waals surface area (Å²) in [4.78, 5) is 29.6. The lowest BCUT2D eigenvalue weighted by Crippen LogP contribution is -2.46. The van der Waals surface area contributed by atoms with E-state index < -0.39 is 0 Å². The Morgan fingerprint density at radius 3 is 2.38 bits per heavy atom. The number of carbonyl (C=O) groups excluding carboxylic acids is 1. The fourth-order valence-electron chi connectivity index (χ4n) is 4.84. The molecule has 0 bridgehead atoms. The summed E-state index contributed by atoms with van der Waals surface area (Å²) >= 11 is 1.63. The van der Waals surface area contributed by atoms with Gasteiger partial charge in [0.2, 0.25) is 0 Å². The van der Waals surface area contributed by atoms with Gasteiger partial charge in [-0.3, -0.25) is 9.69 Å². The predicted molar refractivity (Wildman–Crippen MR) is 157 cm³/mol. The van der Waals surface area contributed by atoms with Crippen molar-refractivity contribution in [2.45, 2.75) is 17.8 Å². The van der Waals surface area contributed by atoms with Gasteiger partial charge in [0, 0.05) is 75.3 Å². The van der Waals surface area contributed by atoms with Crippen molar-refractivity contribution in [3.8, 4) is 11.3 Å². The largest absolute Gasteiger partial charge is 0.379 e. The second kappa shape index (κ2) is 13.9. The van der Waals surface area contributed by atoms with Gasteiger partial charge >= 0.3 is 0 Å². The number of amides is 1. The minimum Gasteiger partial charge on any atom is -0.379 e. The maximum absolute atomic E-state index is 12.6. The fourth-order valence-corrected chi connectivity index (χ4v) is 5.65. The number of nitrogens with one attached hydrogen (secondary N) is 1. The van der Waals surface area contributed by atoms with Crippen molar-refractivity contribution < 1.29 is 9.53 Å². The molecular weight excluding hydrogens is 508 g/mol. The Bertz CT molecular complexity index is 1200. The third kappa shape index (κ3) is 7.79.